The normalized spacial score (nSPS) is 17.5. The maximum atomic E-state index is 10.9. The van der Waals surface area contributed by atoms with Crippen LogP contribution in [0.1, 0.15) is 32.1 Å². The highest BCUT2D eigenvalue weighted by Crippen LogP contribution is 2.22. The van der Waals surface area contributed by atoms with Gasteiger partial charge in [0, 0.05) is 6.42 Å². The summed E-state index contributed by atoms with van der Waals surface area (Å²) in [6.45, 7) is 0.569. The number of hydrogen-bond donors (Lipinski definition) is 1. The number of carbonyl (C=O) groups is 1. The fourth-order valence-electron chi connectivity index (χ4n) is 0.980. The summed E-state index contributed by atoms with van der Waals surface area (Å²) in [4.78, 5) is 10.9. The van der Waals surface area contributed by atoms with E-state index in [1.807, 2.05) is 0 Å². The first kappa shape index (κ1) is 8.53. The second-order valence-corrected chi connectivity index (χ2v) is 2.94. The molecule has 3 heteroatoms. The maximum Gasteiger partial charge on any atom is 0.306 e. The highest BCUT2D eigenvalue weighted by atomic mass is 16.5. The van der Waals surface area contributed by atoms with Gasteiger partial charge in [-0.1, -0.05) is 0 Å². The molecule has 1 aliphatic carbocycles. The van der Waals surface area contributed by atoms with Gasteiger partial charge >= 0.3 is 5.97 Å². The highest BCUT2D eigenvalue weighted by molar-refractivity contribution is 5.69. The van der Waals surface area contributed by atoms with Crippen molar-refractivity contribution >= 4 is 5.97 Å². The van der Waals surface area contributed by atoms with Crippen molar-refractivity contribution in [2.45, 2.75) is 38.2 Å². The van der Waals surface area contributed by atoms with E-state index in [1.54, 1.807) is 0 Å². The predicted molar refractivity (Wildman–Crippen MR) is 42.0 cm³/mol. The van der Waals surface area contributed by atoms with E-state index in [9.17, 15) is 4.79 Å². The third-order valence-corrected chi connectivity index (χ3v) is 1.94. The van der Waals surface area contributed by atoms with Crippen molar-refractivity contribution in [1.82, 2.24) is 0 Å². The molecule has 1 aliphatic rings. The number of esters is 1. The third-order valence-electron chi connectivity index (χ3n) is 1.94. The van der Waals surface area contributed by atoms with Crippen LogP contribution in [0.5, 0.6) is 0 Å². The first-order chi connectivity index (χ1) is 5.33. The minimum atomic E-state index is -0.0832. The molecule has 0 spiro atoms. The van der Waals surface area contributed by atoms with Crippen LogP contribution in [0.2, 0.25) is 0 Å². The molecule has 0 unspecified atom stereocenters. The second kappa shape index (κ2) is 4.34. The Labute approximate surface area is 66.9 Å². The molecule has 0 radical (unpaired) electrons. The summed E-state index contributed by atoms with van der Waals surface area (Å²) < 4.78 is 5.09. The minimum absolute atomic E-state index is 0.0832. The summed E-state index contributed by atoms with van der Waals surface area (Å²) in [6, 6.07) is 0. The molecule has 2 N–H and O–H groups in total. The molecule has 0 aromatic carbocycles. The third kappa shape index (κ3) is 2.89. The molecule has 0 atom stereocenters. The Bertz CT molecular complexity index is 132. The zero-order chi connectivity index (χ0) is 8.10. The van der Waals surface area contributed by atoms with Gasteiger partial charge in [-0.25, -0.2) is 0 Å². The van der Waals surface area contributed by atoms with E-state index in [1.165, 1.54) is 6.42 Å². The van der Waals surface area contributed by atoms with Gasteiger partial charge in [-0.05, 0) is 32.2 Å². The summed E-state index contributed by atoms with van der Waals surface area (Å²) in [5, 5.41) is 0. The lowest BCUT2D eigenvalue weighted by molar-refractivity contribution is -0.152. The Hall–Kier alpha value is -0.570. The lowest BCUT2D eigenvalue weighted by Gasteiger charge is -2.25. The smallest absolute Gasteiger partial charge is 0.306 e. The largest absolute Gasteiger partial charge is 0.462 e. The van der Waals surface area contributed by atoms with E-state index in [4.69, 9.17) is 10.5 Å². The molecule has 0 amide bonds. The van der Waals surface area contributed by atoms with Crippen LogP contribution < -0.4 is 5.73 Å². The standard InChI is InChI=1S/C8H15NO2/c9-6-2-5-8(10)11-7-3-1-4-7/h7H,1-6,9H2. The Balaban J connectivity index is 2.00. The Morgan fingerprint density at radius 1 is 1.55 bits per heavy atom. The SMILES string of the molecule is NCCCC(=O)OC1CCC1. The topological polar surface area (TPSA) is 52.3 Å². The van der Waals surface area contributed by atoms with Gasteiger partial charge in [0.1, 0.15) is 6.10 Å². The van der Waals surface area contributed by atoms with Crippen molar-refractivity contribution in [3.63, 3.8) is 0 Å². The van der Waals surface area contributed by atoms with Gasteiger partial charge in [-0.2, -0.15) is 0 Å². The molecule has 3 nitrogen and oxygen atoms in total. The van der Waals surface area contributed by atoms with Crippen molar-refractivity contribution in [1.29, 1.82) is 0 Å². The van der Waals surface area contributed by atoms with E-state index in [0.717, 1.165) is 19.3 Å². The van der Waals surface area contributed by atoms with Crippen molar-refractivity contribution in [2.75, 3.05) is 6.54 Å². The summed E-state index contributed by atoms with van der Waals surface area (Å²) in [6.07, 6.45) is 4.75. The molecule has 0 bridgehead atoms. The highest BCUT2D eigenvalue weighted by Gasteiger charge is 2.20. The van der Waals surface area contributed by atoms with Crippen LogP contribution in [-0.2, 0) is 9.53 Å². The molecule has 1 saturated carbocycles. The molecule has 1 rings (SSSR count). The van der Waals surface area contributed by atoms with E-state index in [0.29, 0.717) is 13.0 Å². The molecular weight excluding hydrogens is 142 g/mol. The van der Waals surface area contributed by atoms with Crippen LogP contribution in [0.25, 0.3) is 0 Å². The molecular formula is C8H15NO2. The minimum Gasteiger partial charge on any atom is -0.462 e. The lowest BCUT2D eigenvalue weighted by atomic mass is 9.96. The van der Waals surface area contributed by atoms with E-state index < -0.39 is 0 Å². The quantitative estimate of drug-likeness (QED) is 0.615. The van der Waals surface area contributed by atoms with E-state index in [2.05, 4.69) is 0 Å². The number of hydrogen-bond acceptors (Lipinski definition) is 3. The van der Waals surface area contributed by atoms with Crippen LogP contribution in [0.15, 0.2) is 0 Å². The van der Waals surface area contributed by atoms with Gasteiger partial charge in [0.05, 0.1) is 0 Å². The molecule has 0 heterocycles. The Morgan fingerprint density at radius 3 is 2.73 bits per heavy atom. The molecule has 0 saturated heterocycles. The molecule has 64 valence electrons. The van der Waals surface area contributed by atoms with Gasteiger partial charge in [0.2, 0.25) is 0 Å². The summed E-state index contributed by atoms with van der Waals surface area (Å²) in [5.41, 5.74) is 5.25. The van der Waals surface area contributed by atoms with Crippen molar-refractivity contribution < 1.29 is 9.53 Å². The van der Waals surface area contributed by atoms with Gasteiger partial charge in [0.25, 0.3) is 0 Å². The van der Waals surface area contributed by atoms with Gasteiger partial charge in [-0.3, -0.25) is 4.79 Å². The molecule has 0 aliphatic heterocycles. The number of rotatable bonds is 4. The maximum absolute atomic E-state index is 10.9. The Morgan fingerprint density at radius 2 is 2.27 bits per heavy atom. The Kier molecular flexibility index (Phi) is 3.36. The fourth-order valence-corrected chi connectivity index (χ4v) is 0.980. The zero-order valence-corrected chi connectivity index (χ0v) is 6.71. The van der Waals surface area contributed by atoms with Gasteiger partial charge in [0.15, 0.2) is 0 Å². The molecule has 0 aromatic heterocycles. The molecule has 11 heavy (non-hydrogen) atoms. The van der Waals surface area contributed by atoms with Crippen LogP contribution in [0, 0.1) is 0 Å². The fraction of sp³-hybridized carbons (Fsp3) is 0.875. The zero-order valence-electron chi connectivity index (χ0n) is 6.71. The monoisotopic (exact) mass is 157 g/mol. The predicted octanol–water partition coefficient (Wildman–Crippen LogP) is 0.821. The molecule has 0 aromatic rings. The first-order valence-corrected chi connectivity index (χ1v) is 4.22. The van der Waals surface area contributed by atoms with Crippen LogP contribution in [0.4, 0.5) is 0 Å². The summed E-state index contributed by atoms with van der Waals surface area (Å²) in [5.74, 6) is -0.0832. The van der Waals surface area contributed by atoms with Crippen molar-refractivity contribution in [2.24, 2.45) is 5.73 Å². The number of nitrogens with two attached hydrogens (primary N) is 1. The van der Waals surface area contributed by atoms with Crippen molar-refractivity contribution in [3.05, 3.63) is 0 Å². The van der Waals surface area contributed by atoms with E-state index >= 15 is 0 Å². The van der Waals surface area contributed by atoms with Crippen LogP contribution in [-0.4, -0.2) is 18.6 Å². The number of carbonyl (C=O) groups excluding carboxylic acids is 1. The second-order valence-electron chi connectivity index (χ2n) is 2.94. The molecule has 1 fully saturated rings. The first-order valence-electron chi connectivity index (χ1n) is 4.22. The average Bonchev–Trinajstić information content (AvgIpc) is 1.93. The van der Waals surface area contributed by atoms with Crippen LogP contribution >= 0.6 is 0 Å². The van der Waals surface area contributed by atoms with Gasteiger partial charge in [-0.15, -0.1) is 0 Å². The van der Waals surface area contributed by atoms with Crippen molar-refractivity contribution in [3.8, 4) is 0 Å². The average molecular weight is 157 g/mol. The lowest BCUT2D eigenvalue weighted by Crippen LogP contribution is -2.25. The van der Waals surface area contributed by atoms with E-state index in [-0.39, 0.29) is 12.1 Å². The van der Waals surface area contributed by atoms with Gasteiger partial charge < -0.3 is 10.5 Å². The van der Waals surface area contributed by atoms with Crippen LogP contribution in [0.3, 0.4) is 0 Å². The summed E-state index contributed by atoms with van der Waals surface area (Å²) in [7, 11) is 0. The summed E-state index contributed by atoms with van der Waals surface area (Å²) >= 11 is 0. The number of ether oxygens (including phenoxy) is 1.